The van der Waals surface area contributed by atoms with Crippen LogP contribution in [0.3, 0.4) is 0 Å². The summed E-state index contributed by atoms with van der Waals surface area (Å²) >= 11 is 2.84. The summed E-state index contributed by atoms with van der Waals surface area (Å²) in [5.41, 5.74) is -0.897. The predicted octanol–water partition coefficient (Wildman–Crippen LogP) is 3.31. The van der Waals surface area contributed by atoms with Gasteiger partial charge in [-0.05, 0) is 30.5 Å². The summed E-state index contributed by atoms with van der Waals surface area (Å²) in [5.74, 6) is -0.399. The molecule has 2 rings (SSSR count). The number of halogens is 4. The lowest BCUT2D eigenvalue weighted by Crippen LogP contribution is -2.45. The number of β-amino-alcohol motifs (C(OH)–C–C–N with tert-alkyl or cyclic N) is 1. The minimum Gasteiger partial charge on any atom is -0.391 e. The van der Waals surface area contributed by atoms with Crippen LogP contribution in [0.4, 0.5) is 13.2 Å². The number of rotatable bonds is 1. The zero-order valence-electron chi connectivity index (χ0n) is 11.3. The smallest absolute Gasteiger partial charge is 0.391 e. The molecule has 0 saturated carbocycles. The van der Waals surface area contributed by atoms with Crippen LogP contribution in [-0.4, -0.2) is 35.1 Å². The third-order valence-corrected chi connectivity index (χ3v) is 4.42. The Kier molecular flexibility index (Phi) is 4.63. The van der Waals surface area contributed by atoms with E-state index in [1.54, 1.807) is 0 Å². The van der Waals surface area contributed by atoms with E-state index in [0.717, 1.165) is 6.07 Å². The molecule has 0 aliphatic carbocycles. The maximum absolute atomic E-state index is 12.9. The van der Waals surface area contributed by atoms with Crippen LogP contribution >= 0.6 is 15.9 Å². The van der Waals surface area contributed by atoms with E-state index in [2.05, 4.69) is 15.9 Å². The van der Waals surface area contributed by atoms with Crippen molar-refractivity contribution in [3.63, 3.8) is 0 Å². The van der Waals surface area contributed by atoms with Crippen molar-refractivity contribution in [3.05, 3.63) is 33.8 Å². The van der Waals surface area contributed by atoms with Crippen LogP contribution in [0.2, 0.25) is 0 Å². The van der Waals surface area contributed by atoms with Gasteiger partial charge in [-0.3, -0.25) is 4.79 Å². The lowest BCUT2D eigenvalue weighted by atomic mass is 9.95. The Morgan fingerprint density at radius 3 is 2.67 bits per heavy atom. The standard InChI is InChI=1S/C14H15BrF3NO2/c1-8-4-5-19(7-12(8)20)13(21)9-2-3-11(15)10(6-9)14(16,17)18/h2-3,6,8,12,20H,4-5,7H2,1H3. The van der Waals surface area contributed by atoms with Crippen LogP contribution in [0.1, 0.15) is 29.3 Å². The van der Waals surface area contributed by atoms with E-state index in [-0.39, 0.29) is 22.5 Å². The Balaban J connectivity index is 2.24. The molecule has 1 heterocycles. The van der Waals surface area contributed by atoms with Gasteiger partial charge in [0, 0.05) is 23.1 Å². The molecule has 116 valence electrons. The fraction of sp³-hybridized carbons (Fsp3) is 0.500. The van der Waals surface area contributed by atoms with E-state index in [0.29, 0.717) is 13.0 Å². The summed E-state index contributed by atoms with van der Waals surface area (Å²) in [5, 5.41) is 9.79. The van der Waals surface area contributed by atoms with Crippen LogP contribution in [0, 0.1) is 5.92 Å². The van der Waals surface area contributed by atoms with Gasteiger partial charge in [0.1, 0.15) is 0 Å². The fourth-order valence-corrected chi connectivity index (χ4v) is 2.76. The van der Waals surface area contributed by atoms with Crippen molar-refractivity contribution in [1.82, 2.24) is 4.90 Å². The quantitative estimate of drug-likeness (QED) is 0.829. The summed E-state index contributed by atoms with van der Waals surface area (Å²) in [4.78, 5) is 13.7. The van der Waals surface area contributed by atoms with Crippen molar-refractivity contribution in [2.75, 3.05) is 13.1 Å². The van der Waals surface area contributed by atoms with E-state index >= 15 is 0 Å². The summed E-state index contributed by atoms with van der Waals surface area (Å²) in [7, 11) is 0. The molecule has 0 spiro atoms. The maximum atomic E-state index is 12.9. The summed E-state index contributed by atoms with van der Waals surface area (Å²) in [6.07, 6.45) is -4.53. The van der Waals surface area contributed by atoms with Gasteiger partial charge < -0.3 is 10.0 Å². The molecule has 1 aliphatic rings. The van der Waals surface area contributed by atoms with Crippen molar-refractivity contribution >= 4 is 21.8 Å². The van der Waals surface area contributed by atoms with Gasteiger partial charge in [-0.1, -0.05) is 22.9 Å². The van der Waals surface area contributed by atoms with Gasteiger partial charge in [0.15, 0.2) is 0 Å². The molecule has 3 nitrogen and oxygen atoms in total. The highest BCUT2D eigenvalue weighted by Crippen LogP contribution is 2.35. The second-order valence-electron chi connectivity index (χ2n) is 5.28. The van der Waals surface area contributed by atoms with E-state index in [1.807, 2.05) is 6.92 Å². The lowest BCUT2D eigenvalue weighted by molar-refractivity contribution is -0.138. The summed E-state index contributed by atoms with van der Waals surface area (Å²) in [6.45, 7) is 2.47. The van der Waals surface area contributed by atoms with E-state index < -0.39 is 23.8 Å². The molecule has 0 bridgehead atoms. The first-order valence-corrected chi connectivity index (χ1v) is 7.33. The van der Waals surface area contributed by atoms with Crippen molar-refractivity contribution in [2.24, 2.45) is 5.92 Å². The molecule has 1 aliphatic heterocycles. The molecule has 1 aromatic carbocycles. The molecule has 21 heavy (non-hydrogen) atoms. The molecule has 0 radical (unpaired) electrons. The number of alkyl halides is 3. The van der Waals surface area contributed by atoms with Crippen LogP contribution in [-0.2, 0) is 6.18 Å². The molecule has 2 atom stereocenters. The van der Waals surface area contributed by atoms with Gasteiger partial charge in [0.05, 0.1) is 11.7 Å². The average Bonchev–Trinajstić information content (AvgIpc) is 2.40. The summed E-state index contributed by atoms with van der Waals surface area (Å²) < 4.78 is 38.5. The van der Waals surface area contributed by atoms with Crippen LogP contribution < -0.4 is 0 Å². The fourth-order valence-electron chi connectivity index (χ4n) is 2.29. The van der Waals surface area contributed by atoms with Gasteiger partial charge in [0.25, 0.3) is 5.91 Å². The van der Waals surface area contributed by atoms with Gasteiger partial charge in [-0.2, -0.15) is 13.2 Å². The number of carbonyl (C=O) groups is 1. The highest BCUT2D eigenvalue weighted by molar-refractivity contribution is 9.10. The molecule has 1 fully saturated rings. The normalized spacial score (nSPS) is 23.2. The summed E-state index contributed by atoms with van der Waals surface area (Å²) in [6, 6.07) is 3.42. The molecule has 1 saturated heterocycles. The van der Waals surface area contributed by atoms with E-state index in [1.165, 1.54) is 17.0 Å². The number of aliphatic hydroxyl groups is 1. The number of aliphatic hydroxyl groups excluding tert-OH is 1. The lowest BCUT2D eigenvalue weighted by Gasteiger charge is -2.34. The highest BCUT2D eigenvalue weighted by Gasteiger charge is 2.34. The molecular weight excluding hydrogens is 351 g/mol. The zero-order chi connectivity index (χ0) is 15.8. The third-order valence-electron chi connectivity index (χ3n) is 3.72. The van der Waals surface area contributed by atoms with Crippen molar-refractivity contribution in [3.8, 4) is 0 Å². The minimum atomic E-state index is -4.52. The Morgan fingerprint density at radius 2 is 2.10 bits per heavy atom. The SMILES string of the molecule is CC1CCN(C(=O)c2ccc(Br)c(C(F)(F)F)c2)CC1O. The van der Waals surface area contributed by atoms with Crippen molar-refractivity contribution in [1.29, 1.82) is 0 Å². The third kappa shape index (κ3) is 3.58. The Morgan fingerprint density at radius 1 is 1.43 bits per heavy atom. The Hall–Kier alpha value is -1.08. The van der Waals surface area contributed by atoms with Crippen LogP contribution in [0.5, 0.6) is 0 Å². The van der Waals surface area contributed by atoms with Gasteiger partial charge >= 0.3 is 6.18 Å². The number of hydrogen-bond acceptors (Lipinski definition) is 2. The number of piperidine rings is 1. The highest BCUT2D eigenvalue weighted by atomic mass is 79.9. The van der Waals surface area contributed by atoms with Gasteiger partial charge in [-0.25, -0.2) is 0 Å². The van der Waals surface area contributed by atoms with E-state index in [9.17, 15) is 23.1 Å². The second kappa shape index (κ2) is 5.96. The van der Waals surface area contributed by atoms with Crippen LogP contribution in [0.25, 0.3) is 0 Å². The first-order valence-electron chi connectivity index (χ1n) is 6.54. The minimum absolute atomic E-state index is 0.0210. The molecule has 2 unspecified atom stereocenters. The molecule has 1 N–H and O–H groups in total. The van der Waals surface area contributed by atoms with Crippen molar-refractivity contribution in [2.45, 2.75) is 25.6 Å². The Labute approximate surface area is 128 Å². The maximum Gasteiger partial charge on any atom is 0.417 e. The molecule has 7 heteroatoms. The zero-order valence-corrected chi connectivity index (χ0v) is 12.9. The first kappa shape index (κ1) is 16.3. The number of hydrogen-bond donors (Lipinski definition) is 1. The number of benzene rings is 1. The average molecular weight is 366 g/mol. The molecule has 1 amide bonds. The number of nitrogens with zero attached hydrogens (tertiary/aromatic N) is 1. The monoisotopic (exact) mass is 365 g/mol. The first-order chi connectivity index (χ1) is 9.70. The largest absolute Gasteiger partial charge is 0.417 e. The van der Waals surface area contributed by atoms with Gasteiger partial charge in [-0.15, -0.1) is 0 Å². The van der Waals surface area contributed by atoms with Crippen LogP contribution in [0.15, 0.2) is 22.7 Å². The van der Waals surface area contributed by atoms with E-state index in [4.69, 9.17) is 0 Å². The molecule has 1 aromatic rings. The number of likely N-dealkylation sites (tertiary alicyclic amines) is 1. The number of carbonyl (C=O) groups excluding carboxylic acids is 1. The van der Waals surface area contributed by atoms with Crippen molar-refractivity contribution < 1.29 is 23.1 Å². The second-order valence-corrected chi connectivity index (χ2v) is 6.13. The molecular formula is C14H15BrF3NO2. The topological polar surface area (TPSA) is 40.5 Å². The molecule has 0 aromatic heterocycles. The predicted molar refractivity (Wildman–Crippen MR) is 74.8 cm³/mol. The number of amides is 1. The Bertz CT molecular complexity index is 548. The van der Waals surface area contributed by atoms with Gasteiger partial charge in [0.2, 0.25) is 0 Å².